The van der Waals surface area contributed by atoms with Crippen LogP contribution in [0, 0.1) is 5.82 Å². The summed E-state index contributed by atoms with van der Waals surface area (Å²) in [4.78, 5) is 0. The fraction of sp³-hybridized carbons (Fsp3) is 0.333. The summed E-state index contributed by atoms with van der Waals surface area (Å²) >= 11 is 8.75. The van der Waals surface area contributed by atoms with Crippen LogP contribution in [0.5, 0.6) is 0 Å². The van der Waals surface area contributed by atoms with Crippen LogP contribution in [0.25, 0.3) is 0 Å². The number of benzene rings is 1. The first-order valence-corrected chi connectivity index (χ1v) is 5.07. The summed E-state index contributed by atoms with van der Waals surface area (Å²) in [5, 5.41) is 9.77. The van der Waals surface area contributed by atoms with Crippen molar-refractivity contribution < 1.29 is 9.50 Å². The van der Waals surface area contributed by atoms with E-state index in [1.165, 1.54) is 6.07 Å². The molecule has 13 heavy (non-hydrogen) atoms. The highest BCUT2D eigenvalue weighted by Crippen LogP contribution is 2.46. The van der Waals surface area contributed by atoms with E-state index in [4.69, 9.17) is 11.6 Å². The molecule has 1 aromatic carbocycles. The molecule has 0 aromatic heterocycles. The van der Waals surface area contributed by atoms with E-state index in [-0.39, 0.29) is 5.02 Å². The third-order valence-electron chi connectivity index (χ3n) is 2.24. The van der Waals surface area contributed by atoms with Crippen molar-refractivity contribution >= 4 is 27.5 Å². The Labute approximate surface area is 88.7 Å². The minimum atomic E-state index is -0.812. The number of hydrogen-bond acceptors (Lipinski definition) is 1. The Hall–Kier alpha value is -0.120. The van der Waals surface area contributed by atoms with Gasteiger partial charge in [0, 0.05) is 4.47 Å². The van der Waals surface area contributed by atoms with E-state index >= 15 is 0 Å². The lowest BCUT2D eigenvalue weighted by Gasteiger charge is -2.09. The molecular formula is C9H7BrClFO. The molecule has 1 fully saturated rings. The maximum atomic E-state index is 13.1. The van der Waals surface area contributed by atoms with Gasteiger partial charge >= 0.3 is 0 Å². The summed E-state index contributed by atoms with van der Waals surface area (Å²) in [5.74, 6) is -0.494. The largest absolute Gasteiger partial charge is 0.385 e. The SMILES string of the molecule is OC1(c2cc(F)c(Cl)c(Br)c2)CC1. The van der Waals surface area contributed by atoms with Gasteiger partial charge in [-0.15, -0.1) is 0 Å². The van der Waals surface area contributed by atoms with Crippen molar-refractivity contribution in [3.8, 4) is 0 Å². The molecule has 1 aromatic rings. The van der Waals surface area contributed by atoms with Crippen LogP contribution >= 0.6 is 27.5 Å². The van der Waals surface area contributed by atoms with Crippen molar-refractivity contribution in [2.45, 2.75) is 18.4 Å². The Kier molecular flexibility index (Phi) is 2.13. The molecule has 2 rings (SSSR count). The predicted octanol–water partition coefficient (Wildman–Crippen LogP) is 3.22. The van der Waals surface area contributed by atoms with E-state index in [1.54, 1.807) is 6.07 Å². The average Bonchev–Trinajstić information content (AvgIpc) is 2.80. The second-order valence-corrected chi connectivity index (χ2v) is 4.52. The molecule has 1 nitrogen and oxygen atoms in total. The summed E-state index contributed by atoms with van der Waals surface area (Å²) < 4.78 is 13.6. The molecule has 0 unspecified atom stereocenters. The van der Waals surface area contributed by atoms with Gasteiger partial charge < -0.3 is 5.11 Å². The van der Waals surface area contributed by atoms with Crippen LogP contribution in [-0.4, -0.2) is 5.11 Å². The zero-order valence-electron chi connectivity index (χ0n) is 6.65. The molecule has 0 spiro atoms. The Morgan fingerprint density at radius 1 is 1.46 bits per heavy atom. The van der Waals surface area contributed by atoms with Crippen LogP contribution in [-0.2, 0) is 5.60 Å². The van der Waals surface area contributed by atoms with Gasteiger partial charge in [0.1, 0.15) is 5.82 Å². The highest BCUT2D eigenvalue weighted by Gasteiger charge is 2.42. The second kappa shape index (κ2) is 2.94. The zero-order valence-corrected chi connectivity index (χ0v) is 8.99. The number of hydrogen-bond donors (Lipinski definition) is 1. The number of rotatable bonds is 1. The maximum absolute atomic E-state index is 13.1. The van der Waals surface area contributed by atoms with Gasteiger partial charge in [-0.05, 0) is 46.5 Å². The molecule has 1 aliphatic carbocycles. The normalized spacial score (nSPS) is 18.8. The molecule has 1 aliphatic rings. The predicted molar refractivity (Wildman–Crippen MR) is 52.2 cm³/mol. The average molecular weight is 266 g/mol. The van der Waals surface area contributed by atoms with Crippen molar-refractivity contribution in [3.05, 3.63) is 33.0 Å². The first-order valence-electron chi connectivity index (χ1n) is 3.90. The minimum absolute atomic E-state index is 0.0630. The molecule has 0 saturated heterocycles. The molecule has 0 amide bonds. The summed E-state index contributed by atoms with van der Waals surface area (Å²) in [6.07, 6.45) is 1.39. The van der Waals surface area contributed by atoms with Gasteiger partial charge in [0.05, 0.1) is 10.6 Å². The van der Waals surface area contributed by atoms with Gasteiger partial charge in [-0.2, -0.15) is 0 Å². The zero-order chi connectivity index (χ0) is 9.64. The fourth-order valence-corrected chi connectivity index (χ4v) is 1.78. The molecule has 1 N–H and O–H groups in total. The summed E-state index contributed by atoms with van der Waals surface area (Å²) in [7, 11) is 0. The van der Waals surface area contributed by atoms with Gasteiger partial charge in [0.2, 0.25) is 0 Å². The summed E-state index contributed by atoms with van der Waals surface area (Å²) in [5.41, 5.74) is -0.213. The number of aliphatic hydroxyl groups is 1. The highest BCUT2D eigenvalue weighted by atomic mass is 79.9. The highest BCUT2D eigenvalue weighted by molar-refractivity contribution is 9.10. The Balaban J connectivity index is 2.50. The van der Waals surface area contributed by atoms with Crippen molar-refractivity contribution in [1.82, 2.24) is 0 Å². The Morgan fingerprint density at radius 2 is 2.08 bits per heavy atom. The van der Waals surface area contributed by atoms with E-state index in [1.807, 2.05) is 0 Å². The van der Waals surface area contributed by atoms with E-state index < -0.39 is 11.4 Å². The van der Waals surface area contributed by atoms with Crippen LogP contribution in [0.2, 0.25) is 5.02 Å². The monoisotopic (exact) mass is 264 g/mol. The second-order valence-electron chi connectivity index (χ2n) is 3.29. The first kappa shape index (κ1) is 9.44. The van der Waals surface area contributed by atoms with Crippen LogP contribution < -0.4 is 0 Å². The van der Waals surface area contributed by atoms with E-state index in [2.05, 4.69) is 15.9 Å². The van der Waals surface area contributed by atoms with Gasteiger partial charge in [0.15, 0.2) is 0 Å². The van der Waals surface area contributed by atoms with Crippen LogP contribution in [0.1, 0.15) is 18.4 Å². The molecular weight excluding hydrogens is 258 g/mol. The molecule has 4 heteroatoms. The summed E-state index contributed by atoms with van der Waals surface area (Å²) in [6, 6.07) is 2.96. The van der Waals surface area contributed by atoms with Crippen molar-refractivity contribution in [2.24, 2.45) is 0 Å². The van der Waals surface area contributed by atoms with Crippen molar-refractivity contribution in [1.29, 1.82) is 0 Å². The quantitative estimate of drug-likeness (QED) is 0.773. The van der Waals surface area contributed by atoms with Gasteiger partial charge in [-0.1, -0.05) is 11.6 Å². The molecule has 0 radical (unpaired) electrons. The molecule has 1 saturated carbocycles. The molecule has 0 atom stereocenters. The standard InChI is InChI=1S/C9H7BrClFO/c10-6-3-5(9(13)1-2-9)4-7(12)8(6)11/h3-4,13H,1-2H2. The van der Waals surface area contributed by atoms with Gasteiger partial charge in [0.25, 0.3) is 0 Å². The van der Waals surface area contributed by atoms with E-state index in [0.717, 1.165) is 0 Å². The first-order chi connectivity index (χ1) is 6.03. The summed E-state index contributed by atoms with van der Waals surface area (Å²) in [6.45, 7) is 0. The van der Waals surface area contributed by atoms with Gasteiger partial charge in [-0.3, -0.25) is 0 Å². The molecule has 0 heterocycles. The third kappa shape index (κ3) is 1.60. The van der Waals surface area contributed by atoms with Crippen molar-refractivity contribution in [2.75, 3.05) is 0 Å². The van der Waals surface area contributed by atoms with Crippen molar-refractivity contribution in [3.63, 3.8) is 0 Å². The fourth-order valence-electron chi connectivity index (χ4n) is 1.23. The minimum Gasteiger partial charge on any atom is -0.385 e. The topological polar surface area (TPSA) is 20.2 Å². The van der Waals surface area contributed by atoms with Crippen LogP contribution in [0.15, 0.2) is 16.6 Å². The number of halogens is 3. The molecule has 0 aliphatic heterocycles. The lowest BCUT2D eigenvalue weighted by molar-refractivity contribution is 0.151. The lowest BCUT2D eigenvalue weighted by Crippen LogP contribution is -2.04. The smallest absolute Gasteiger partial charge is 0.143 e. The maximum Gasteiger partial charge on any atom is 0.143 e. The molecule has 70 valence electrons. The Morgan fingerprint density at radius 3 is 2.54 bits per heavy atom. The van der Waals surface area contributed by atoms with Gasteiger partial charge in [-0.25, -0.2) is 4.39 Å². The van der Waals surface area contributed by atoms with Crippen LogP contribution in [0.3, 0.4) is 0 Å². The van der Waals surface area contributed by atoms with E-state index in [0.29, 0.717) is 22.9 Å². The molecule has 0 bridgehead atoms. The Bertz CT molecular complexity index is 340. The lowest BCUT2D eigenvalue weighted by atomic mass is 10.1. The van der Waals surface area contributed by atoms with E-state index in [9.17, 15) is 9.50 Å². The van der Waals surface area contributed by atoms with Crippen LogP contribution in [0.4, 0.5) is 4.39 Å². The third-order valence-corrected chi connectivity index (χ3v) is 3.48.